The van der Waals surface area contributed by atoms with Crippen LogP contribution in [0.1, 0.15) is 12.5 Å². The summed E-state index contributed by atoms with van der Waals surface area (Å²) in [6.45, 7) is 1.98. The second-order valence-electron chi connectivity index (χ2n) is 3.15. The first-order chi connectivity index (χ1) is 6.09. The average molecular weight is 177 g/mol. The van der Waals surface area contributed by atoms with Crippen LogP contribution in [0.4, 0.5) is 5.69 Å². The van der Waals surface area contributed by atoms with E-state index >= 15 is 0 Å². The number of nitrogen functional groups attached to an aromatic ring is 1. The summed E-state index contributed by atoms with van der Waals surface area (Å²) in [6.07, 6.45) is 0. The summed E-state index contributed by atoms with van der Waals surface area (Å²) in [5.41, 5.74) is 8.45. The lowest BCUT2D eigenvalue weighted by atomic mass is 10.1. The van der Waals surface area contributed by atoms with Gasteiger partial charge in [-0.2, -0.15) is 5.10 Å². The van der Waals surface area contributed by atoms with Gasteiger partial charge in [0.15, 0.2) is 0 Å². The summed E-state index contributed by atoms with van der Waals surface area (Å²) in [7, 11) is 3.81. The Morgan fingerprint density at radius 2 is 1.77 bits per heavy atom. The van der Waals surface area contributed by atoms with E-state index in [1.165, 1.54) is 0 Å². The average Bonchev–Trinajstić information content (AvgIpc) is 2.04. The lowest BCUT2D eigenvalue weighted by Gasteiger charge is -2.07. The SMILES string of the molecule is C/C(=N/N(C)C)c1ccc(N)cc1. The molecule has 0 aliphatic carbocycles. The highest BCUT2D eigenvalue weighted by molar-refractivity contribution is 5.98. The van der Waals surface area contributed by atoms with Crippen LogP contribution in [-0.2, 0) is 0 Å². The maximum absolute atomic E-state index is 5.58. The quantitative estimate of drug-likeness (QED) is 0.423. The molecule has 0 aliphatic heterocycles. The molecule has 0 heterocycles. The van der Waals surface area contributed by atoms with Gasteiger partial charge in [0.1, 0.15) is 0 Å². The van der Waals surface area contributed by atoms with Gasteiger partial charge in [-0.3, -0.25) is 0 Å². The standard InChI is InChI=1S/C10H15N3/c1-8(12-13(2)3)9-4-6-10(11)7-5-9/h4-7H,11H2,1-3H3/b12-8-. The van der Waals surface area contributed by atoms with Gasteiger partial charge < -0.3 is 10.7 Å². The van der Waals surface area contributed by atoms with Crippen LogP contribution >= 0.6 is 0 Å². The molecule has 1 rings (SSSR count). The molecule has 1 aromatic carbocycles. The van der Waals surface area contributed by atoms with Gasteiger partial charge in [0.05, 0.1) is 5.71 Å². The van der Waals surface area contributed by atoms with Crippen LogP contribution < -0.4 is 5.73 Å². The largest absolute Gasteiger partial charge is 0.399 e. The molecule has 0 aromatic heterocycles. The van der Waals surface area contributed by atoms with E-state index in [0.29, 0.717) is 0 Å². The van der Waals surface area contributed by atoms with Crippen molar-refractivity contribution in [1.29, 1.82) is 0 Å². The molecule has 0 bridgehead atoms. The number of nitrogens with zero attached hydrogens (tertiary/aromatic N) is 2. The molecule has 0 fully saturated rings. The first-order valence-electron chi connectivity index (χ1n) is 4.18. The molecule has 0 unspecified atom stereocenters. The normalized spacial score (nSPS) is 11.5. The minimum Gasteiger partial charge on any atom is -0.399 e. The van der Waals surface area contributed by atoms with Crippen molar-refractivity contribution >= 4 is 11.4 Å². The highest BCUT2D eigenvalue weighted by Gasteiger charge is 1.96. The van der Waals surface area contributed by atoms with Gasteiger partial charge in [-0.05, 0) is 24.6 Å². The molecule has 0 amide bonds. The van der Waals surface area contributed by atoms with Crippen molar-refractivity contribution in [1.82, 2.24) is 5.01 Å². The number of nitrogens with two attached hydrogens (primary N) is 1. The fourth-order valence-corrected chi connectivity index (χ4v) is 1.08. The summed E-state index contributed by atoms with van der Waals surface area (Å²) >= 11 is 0. The van der Waals surface area contributed by atoms with E-state index in [9.17, 15) is 0 Å². The van der Waals surface area contributed by atoms with Gasteiger partial charge >= 0.3 is 0 Å². The smallest absolute Gasteiger partial charge is 0.0646 e. The van der Waals surface area contributed by atoms with Crippen LogP contribution in [0.15, 0.2) is 29.4 Å². The Balaban J connectivity index is 2.89. The van der Waals surface area contributed by atoms with E-state index in [4.69, 9.17) is 5.73 Å². The zero-order valence-electron chi connectivity index (χ0n) is 8.28. The molecular weight excluding hydrogens is 162 g/mol. The Hall–Kier alpha value is -1.51. The Kier molecular flexibility index (Phi) is 2.90. The highest BCUT2D eigenvalue weighted by atomic mass is 15.4. The number of hydrogen-bond acceptors (Lipinski definition) is 3. The fourth-order valence-electron chi connectivity index (χ4n) is 1.08. The lowest BCUT2D eigenvalue weighted by molar-refractivity contribution is 0.438. The summed E-state index contributed by atoms with van der Waals surface area (Å²) in [6, 6.07) is 7.70. The monoisotopic (exact) mass is 177 g/mol. The molecule has 0 spiro atoms. The van der Waals surface area contributed by atoms with Crippen LogP contribution in [0.5, 0.6) is 0 Å². The van der Waals surface area contributed by atoms with Crippen molar-refractivity contribution < 1.29 is 0 Å². The topological polar surface area (TPSA) is 41.6 Å². The van der Waals surface area contributed by atoms with Crippen LogP contribution in [0.25, 0.3) is 0 Å². The van der Waals surface area contributed by atoms with Crippen LogP contribution in [0.3, 0.4) is 0 Å². The molecule has 0 radical (unpaired) electrons. The van der Waals surface area contributed by atoms with Gasteiger partial charge in [0.2, 0.25) is 0 Å². The molecule has 0 atom stereocenters. The first kappa shape index (κ1) is 9.58. The number of hydrazone groups is 1. The molecule has 13 heavy (non-hydrogen) atoms. The Morgan fingerprint density at radius 3 is 2.23 bits per heavy atom. The Morgan fingerprint density at radius 1 is 1.23 bits per heavy atom. The molecular formula is C10H15N3. The van der Waals surface area contributed by atoms with E-state index in [-0.39, 0.29) is 0 Å². The van der Waals surface area contributed by atoms with E-state index in [2.05, 4.69) is 5.10 Å². The molecule has 0 saturated heterocycles. The molecule has 3 heteroatoms. The van der Waals surface area contributed by atoms with E-state index in [1.54, 1.807) is 5.01 Å². The predicted molar refractivity (Wildman–Crippen MR) is 56.8 cm³/mol. The van der Waals surface area contributed by atoms with Gasteiger partial charge in [-0.25, -0.2) is 0 Å². The minimum absolute atomic E-state index is 0.779. The highest BCUT2D eigenvalue weighted by Crippen LogP contribution is 2.06. The summed E-state index contributed by atoms with van der Waals surface area (Å²) in [4.78, 5) is 0. The molecule has 1 aromatic rings. The predicted octanol–water partition coefficient (Wildman–Crippen LogP) is 1.55. The first-order valence-corrected chi connectivity index (χ1v) is 4.18. The zero-order valence-corrected chi connectivity index (χ0v) is 8.28. The molecule has 2 N–H and O–H groups in total. The third kappa shape index (κ3) is 2.78. The Bertz CT molecular complexity index is 298. The summed E-state index contributed by atoms with van der Waals surface area (Å²) in [5, 5.41) is 6.07. The van der Waals surface area contributed by atoms with Crippen LogP contribution in [0.2, 0.25) is 0 Å². The van der Waals surface area contributed by atoms with Crippen molar-refractivity contribution in [3.05, 3.63) is 29.8 Å². The second-order valence-corrected chi connectivity index (χ2v) is 3.15. The molecule has 70 valence electrons. The zero-order chi connectivity index (χ0) is 9.84. The maximum atomic E-state index is 5.58. The summed E-state index contributed by atoms with van der Waals surface area (Å²) in [5.74, 6) is 0. The maximum Gasteiger partial charge on any atom is 0.0646 e. The fraction of sp³-hybridized carbons (Fsp3) is 0.300. The number of rotatable bonds is 2. The van der Waals surface area contributed by atoms with Gasteiger partial charge in [-0.1, -0.05) is 12.1 Å². The number of hydrogen-bond donors (Lipinski definition) is 1. The number of benzene rings is 1. The number of anilines is 1. The molecule has 0 saturated carbocycles. The van der Waals surface area contributed by atoms with Crippen molar-refractivity contribution in [2.24, 2.45) is 5.10 Å². The third-order valence-corrected chi connectivity index (χ3v) is 1.68. The van der Waals surface area contributed by atoms with E-state index in [1.807, 2.05) is 45.3 Å². The second kappa shape index (κ2) is 3.94. The molecule has 3 nitrogen and oxygen atoms in total. The third-order valence-electron chi connectivity index (χ3n) is 1.68. The summed E-state index contributed by atoms with van der Waals surface area (Å²) < 4.78 is 0. The van der Waals surface area contributed by atoms with Crippen LogP contribution in [0, 0.1) is 0 Å². The van der Waals surface area contributed by atoms with Crippen molar-refractivity contribution in [3.63, 3.8) is 0 Å². The van der Waals surface area contributed by atoms with Crippen molar-refractivity contribution in [3.8, 4) is 0 Å². The van der Waals surface area contributed by atoms with Gasteiger partial charge in [0.25, 0.3) is 0 Å². The van der Waals surface area contributed by atoms with E-state index < -0.39 is 0 Å². The van der Waals surface area contributed by atoms with Crippen molar-refractivity contribution in [2.75, 3.05) is 19.8 Å². The Labute approximate surface area is 78.9 Å². The minimum atomic E-state index is 0.779. The van der Waals surface area contributed by atoms with Gasteiger partial charge in [0, 0.05) is 19.8 Å². The lowest BCUT2D eigenvalue weighted by Crippen LogP contribution is -2.07. The van der Waals surface area contributed by atoms with Crippen molar-refractivity contribution in [2.45, 2.75) is 6.92 Å². The van der Waals surface area contributed by atoms with Crippen LogP contribution in [-0.4, -0.2) is 24.8 Å². The van der Waals surface area contributed by atoms with Gasteiger partial charge in [-0.15, -0.1) is 0 Å². The van der Waals surface area contributed by atoms with E-state index in [0.717, 1.165) is 17.0 Å². The molecule has 0 aliphatic rings.